The molecule has 3 aromatic rings. The number of anilines is 3. The summed E-state index contributed by atoms with van der Waals surface area (Å²) in [4.78, 5) is 6.42. The minimum atomic E-state index is -3.65. The maximum atomic E-state index is 12.3. The van der Waals surface area contributed by atoms with Crippen LogP contribution in [0.2, 0.25) is 4.34 Å². The quantitative estimate of drug-likeness (QED) is 0.656. The molecule has 0 radical (unpaired) electrons. The second-order valence-electron chi connectivity index (χ2n) is 5.15. The first-order valence-electron chi connectivity index (χ1n) is 7.56. The SMILES string of the molecule is CCN(c1ccccc1)c1ccc(NS(=O)(=O)c2ccc(Cl)s2)cn1. The van der Waals surface area contributed by atoms with Crippen LogP contribution in [0.1, 0.15) is 6.92 Å². The molecule has 0 aliphatic rings. The number of hydrogen-bond acceptors (Lipinski definition) is 5. The van der Waals surface area contributed by atoms with E-state index in [-0.39, 0.29) is 4.21 Å². The zero-order valence-electron chi connectivity index (χ0n) is 13.4. The molecule has 0 atom stereocenters. The fourth-order valence-electron chi connectivity index (χ4n) is 2.34. The number of halogens is 1. The number of nitrogens with one attached hydrogen (secondary N) is 1. The zero-order valence-corrected chi connectivity index (χ0v) is 15.8. The Balaban J connectivity index is 1.80. The fourth-order valence-corrected chi connectivity index (χ4v) is 4.86. The van der Waals surface area contributed by atoms with Crippen molar-refractivity contribution in [3.05, 3.63) is 65.1 Å². The largest absolute Gasteiger partial charge is 0.327 e. The minimum absolute atomic E-state index is 0.168. The summed E-state index contributed by atoms with van der Waals surface area (Å²) in [5.41, 5.74) is 1.43. The van der Waals surface area contributed by atoms with Gasteiger partial charge in [-0.1, -0.05) is 29.8 Å². The van der Waals surface area contributed by atoms with Gasteiger partial charge in [-0.15, -0.1) is 11.3 Å². The maximum Gasteiger partial charge on any atom is 0.271 e. The molecule has 130 valence electrons. The van der Waals surface area contributed by atoms with Crippen molar-refractivity contribution in [3.63, 3.8) is 0 Å². The van der Waals surface area contributed by atoms with Gasteiger partial charge in [-0.05, 0) is 43.3 Å². The third kappa shape index (κ3) is 4.12. The lowest BCUT2D eigenvalue weighted by Gasteiger charge is -2.22. The second-order valence-corrected chi connectivity index (χ2v) is 8.77. The van der Waals surface area contributed by atoms with Crippen molar-refractivity contribution in [2.75, 3.05) is 16.2 Å². The molecule has 1 N–H and O–H groups in total. The molecule has 5 nitrogen and oxygen atoms in total. The van der Waals surface area contributed by atoms with E-state index in [4.69, 9.17) is 11.6 Å². The van der Waals surface area contributed by atoms with Crippen LogP contribution in [0.3, 0.4) is 0 Å². The summed E-state index contributed by atoms with van der Waals surface area (Å²) in [5, 5.41) is 0. The van der Waals surface area contributed by atoms with Crippen LogP contribution in [0.15, 0.2) is 65.0 Å². The summed E-state index contributed by atoms with van der Waals surface area (Å²) in [7, 11) is -3.65. The van der Waals surface area contributed by atoms with Crippen LogP contribution >= 0.6 is 22.9 Å². The van der Waals surface area contributed by atoms with Gasteiger partial charge in [-0.3, -0.25) is 4.72 Å². The third-order valence-corrected chi connectivity index (χ3v) is 6.58. The van der Waals surface area contributed by atoms with Gasteiger partial charge in [0.05, 0.1) is 16.2 Å². The van der Waals surface area contributed by atoms with Crippen molar-refractivity contribution in [2.24, 2.45) is 0 Å². The predicted molar refractivity (Wildman–Crippen MR) is 103 cm³/mol. The number of sulfonamides is 1. The Morgan fingerprint density at radius 2 is 1.88 bits per heavy atom. The van der Waals surface area contributed by atoms with Gasteiger partial charge in [-0.2, -0.15) is 0 Å². The second kappa shape index (κ2) is 7.43. The van der Waals surface area contributed by atoms with E-state index in [1.807, 2.05) is 42.2 Å². The molecule has 0 saturated carbocycles. The normalized spacial score (nSPS) is 11.3. The van der Waals surface area contributed by atoms with Crippen LogP contribution in [0.25, 0.3) is 0 Å². The Morgan fingerprint density at radius 3 is 2.44 bits per heavy atom. The van der Waals surface area contributed by atoms with E-state index < -0.39 is 10.0 Å². The Kier molecular flexibility index (Phi) is 5.27. The van der Waals surface area contributed by atoms with Crippen LogP contribution in [-0.4, -0.2) is 19.9 Å². The zero-order chi connectivity index (χ0) is 17.9. The van der Waals surface area contributed by atoms with Crippen molar-refractivity contribution in [3.8, 4) is 0 Å². The molecular formula is C17H16ClN3O2S2. The first kappa shape index (κ1) is 17.7. The van der Waals surface area contributed by atoms with E-state index >= 15 is 0 Å². The lowest BCUT2D eigenvalue weighted by molar-refractivity contribution is 0.603. The summed E-state index contributed by atoms with van der Waals surface area (Å²) in [6, 6.07) is 16.4. The third-order valence-electron chi connectivity index (χ3n) is 3.47. The fraction of sp³-hybridized carbons (Fsp3) is 0.118. The van der Waals surface area contributed by atoms with Crippen LogP contribution in [-0.2, 0) is 10.0 Å². The molecule has 0 saturated heterocycles. The predicted octanol–water partition coefficient (Wildman–Crippen LogP) is 4.76. The molecule has 0 unspecified atom stereocenters. The van der Waals surface area contributed by atoms with Crippen LogP contribution in [0.5, 0.6) is 0 Å². The van der Waals surface area contributed by atoms with E-state index in [0.717, 1.165) is 29.4 Å². The van der Waals surface area contributed by atoms with Crippen molar-refractivity contribution in [1.29, 1.82) is 0 Å². The number of rotatable bonds is 6. The number of hydrogen-bond donors (Lipinski definition) is 1. The highest BCUT2D eigenvalue weighted by Gasteiger charge is 2.17. The van der Waals surface area contributed by atoms with E-state index in [1.54, 1.807) is 18.2 Å². The van der Waals surface area contributed by atoms with Crippen molar-refractivity contribution >= 4 is 50.2 Å². The van der Waals surface area contributed by atoms with Crippen molar-refractivity contribution < 1.29 is 8.42 Å². The minimum Gasteiger partial charge on any atom is -0.327 e. The topological polar surface area (TPSA) is 62.3 Å². The summed E-state index contributed by atoms with van der Waals surface area (Å²) < 4.78 is 27.7. The molecule has 2 heterocycles. The number of thiophene rings is 1. The number of aromatic nitrogens is 1. The molecule has 0 amide bonds. The molecule has 2 aromatic heterocycles. The van der Waals surface area contributed by atoms with E-state index in [1.165, 1.54) is 12.3 Å². The molecule has 0 bridgehead atoms. The van der Waals surface area contributed by atoms with Gasteiger partial charge in [-0.25, -0.2) is 13.4 Å². The number of pyridine rings is 1. The molecule has 3 rings (SSSR count). The molecule has 0 spiro atoms. The van der Waals surface area contributed by atoms with Crippen molar-refractivity contribution in [1.82, 2.24) is 4.98 Å². The van der Waals surface area contributed by atoms with E-state index in [0.29, 0.717) is 10.0 Å². The molecule has 8 heteroatoms. The smallest absolute Gasteiger partial charge is 0.271 e. The van der Waals surface area contributed by atoms with Gasteiger partial charge in [0, 0.05) is 12.2 Å². The van der Waals surface area contributed by atoms with Crippen molar-refractivity contribution in [2.45, 2.75) is 11.1 Å². The maximum absolute atomic E-state index is 12.3. The monoisotopic (exact) mass is 393 g/mol. The van der Waals surface area contributed by atoms with E-state index in [9.17, 15) is 8.42 Å². The van der Waals surface area contributed by atoms with Gasteiger partial charge in [0.15, 0.2) is 0 Å². The molecule has 25 heavy (non-hydrogen) atoms. The van der Waals surface area contributed by atoms with Gasteiger partial charge >= 0.3 is 0 Å². The van der Waals surface area contributed by atoms with Gasteiger partial charge in [0.1, 0.15) is 10.0 Å². The Hall–Kier alpha value is -2.09. The summed E-state index contributed by atoms with van der Waals surface area (Å²) in [6.07, 6.45) is 1.51. The Morgan fingerprint density at radius 1 is 1.12 bits per heavy atom. The molecule has 1 aromatic carbocycles. The Bertz CT molecular complexity index is 942. The van der Waals surface area contributed by atoms with Crippen LogP contribution in [0, 0.1) is 0 Å². The molecule has 0 fully saturated rings. The summed E-state index contributed by atoms with van der Waals surface area (Å²) in [6.45, 7) is 2.78. The highest BCUT2D eigenvalue weighted by molar-refractivity contribution is 7.94. The molecule has 0 aliphatic heterocycles. The van der Waals surface area contributed by atoms with Gasteiger partial charge < -0.3 is 4.90 Å². The lowest BCUT2D eigenvalue weighted by Crippen LogP contribution is -2.17. The molecular weight excluding hydrogens is 378 g/mol. The average Bonchev–Trinajstić information content (AvgIpc) is 3.05. The highest BCUT2D eigenvalue weighted by atomic mass is 35.5. The summed E-state index contributed by atoms with van der Waals surface area (Å²) >= 11 is 6.82. The summed E-state index contributed by atoms with van der Waals surface area (Å²) in [5.74, 6) is 0.746. The standard InChI is InChI=1S/C17H16ClN3O2S2/c1-2-21(14-6-4-3-5-7-14)16-10-8-13(12-19-16)20-25(22,23)17-11-9-15(18)24-17/h3-12,20H,2H2,1H3. The first-order valence-corrected chi connectivity index (χ1v) is 10.2. The Labute approximate surface area is 156 Å². The highest BCUT2D eigenvalue weighted by Crippen LogP contribution is 2.28. The van der Waals surface area contributed by atoms with Gasteiger partial charge in [0.2, 0.25) is 0 Å². The van der Waals surface area contributed by atoms with E-state index in [2.05, 4.69) is 9.71 Å². The van der Waals surface area contributed by atoms with Crippen LogP contribution in [0.4, 0.5) is 17.2 Å². The number of benzene rings is 1. The number of nitrogens with zero attached hydrogens (tertiary/aromatic N) is 2. The average molecular weight is 394 g/mol. The number of para-hydroxylation sites is 1. The molecule has 0 aliphatic carbocycles. The lowest BCUT2D eigenvalue weighted by atomic mass is 10.3. The first-order chi connectivity index (χ1) is 12.0. The van der Waals surface area contributed by atoms with Crippen LogP contribution < -0.4 is 9.62 Å². The van der Waals surface area contributed by atoms with Gasteiger partial charge in [0.25, 0.3) is 10.0 Å².